The molecule has 0 aromatic carbocycles. The van der Waals surface area contributed by atoms with Crippen LogP contribution >= 0.6 is 0 Å². The van der Waals surface area contributed by atoms with Crippen LogP contribution in [0.3, 0.4) is 0 Å². The number of nitriles is 1. The van der Waals surface area contributed by atoms with E-state index in [0.29, 0.717) is 19.7 Å². The Morgan fingerprint density at radius 3 is 2.75 bits per heavy atom. The van der Waals surface area contributed by atoms with Gasteiger partial charge >= 0.3 is 0 Å². The molecule has 1 saturated carbocycles. The minimum atomic E-state index is -0.725. The Morgan fingerprint density at radius 2 is 2.19 bits per heavy atom. The van der Waals surface area contributed by atoms with E-state index in [9.17, 15) is 10.1 Å². The Morgan fingerprint density at radius 1 is 1.50 bits per heavy atom. The van der Waals surface area contributed by atoms with Crippen molar-refractivity contribution in [1.82, 2.24) is 4.90 Å². The van der Waals surface area contributed by atoms with Crippen molar-refractivity contribution in [3.63, 3.8) is 0 Å². The molecule has 0 aromatic rings. The zero-order valence-corrected chi connectivity index (χ0v) is 9.74. The maximum atomic E-state index is 12.3. The van der Waals surface area contributed by atoms with Gasteiger partial charge in [0.2, 0.25) is 5.91 Å². The predicted octanol–water partition coefficient (Wildman–Crippen LogP) is 1.32. The van der Waals surface area contributed by atoms with Crippen molar-refractivity contribution in [2.45, 2.75) is 38.7 Å². The molecule has 0 spiro atoms. The molecule has 1 unspecified atom stereocenters. The summed E-state index contributed by atoms with van der Waals surface area (Å²) < 4.78 is 5.41. The van der Waals surface area contributed by atoms with Gasteiger partial charge in [-0.25, -0.2) is 0 Å². The van der Waals surface area contributed by atoms with E-state index < -0.39 is 5.41 Å². The molecular weight excluding hydrogens is 204 g/mol. The predicted molar refractivity (Wildman–Crippen MR) is 58.5 cm³/mol. The number of rotatable bonds is 1. The van der Waals surface area contributed by atoms with E-state index in [1.165, 1.54) is 0 Å². The van der Waals surface area contributed by atoms with E-state index >= 15 is 0 Å². The summed E-state index contributed by atoms with van der Waals surface area (Å²) in [7, 11) is 0. The first kappa shape index (κ1) is 11.4. The van der Waals surface area contributed by atoms with Crippen LogP contribution < -0.4 is 0 Å². The van der Waals surface area contributed by atoms with E-state index in [-0.39, 0.29) is 12.0 Å². The largest absolute Gasteiger partial charge is 0.375 e. The number of hydrogen-bond donors (Lipinski definition) is 0. The molecule has 2 rings (SSSR count). The molecule has 1 aliphatic carbocycles. The van der Waals surface area contributed by atoms with Gasteiger partial charge in [-0.2, -0.15) is 5.26 Å². The molecule has 0 radical (unpaired) electrons. The Kier molecular flexibility index (Phi) is 3.15. The highest BCUT2D eigenvalue weighted by Crippen LogP contribution is 2.39. The molecule has 4 nitrogen and oxygen atoms in total. The van der Waals surface area contributed by atoms with Gasteiger partial charge in [0.15, 0.2) is 0 Å². The summed E-state index contributed by atoms with van der Waals surface area (Å²) in [6, 6.07) is 2.26. The maximum absolute atomic E-state index is 12.3. The summed E-state index contributed by atoms with van der Waals surface area (Å²) in [6.45, 7) is 3.82. The van der Waals surface area contributed by atoms with Crippen LogP contribution in [0, 0.1) is 16.7 Å². The highest BCUT2D eigenvalue weighted by atomic mass is 16.5. The van der Waals surface area contributed by atoms with Gasteiger partial charge in [0, 0.05) is 13.1 Å². The molecule has 0 aromatic heterocycles. The smallest absolute Gasteiger partial charge is 0.243 e. The van der Waals surface area contributed by atoms with Crippen LogP contribution in [-0.4, -0.2) is 36.6 Å². The summed E-state index contributed by atoms with van der Waals surface area (Å²) in [5.41, 5.74) is -0.725. The van der Waals surface area contributed by atoms with Gasteiger partial charge in [0.05, 0.1) is 18.8 Å². The minimum Gasteiger partial charge on any atom is -0.375 e. The Hall–Kier alpha value is -1.08. The molecular formula is C12H18N2O2. The average Bonchev–Trinajstić information content (AvgIpc) is 2.78. The fourth-order valence-corrected chi connectivity index (χ4v) is 2.66. The standard InChI is InChI=1S/C12H18N2O2/c1-10-8-14(6-7-16-10)11(15)12(9-13)4-2-3-5-12/h10H,2-8H2,1H3. The van der Waals surface area contributed by atoms with E-state index in [0.717, 1.165) is 25.7 Å². The molecule has 1 amide bonds. The third-order valence-corrected chi connectivity index (χ3v) is 3.61. The number of carbonyl (C=O) groups excluding carboxylic acids is 1. The molecule has 2 aliphatic rings. The zero-order chi connectivity index (χ0) is 11.6. The van der Waals surface area contributed by atoms with Crippen molar-refractivity contribution in [3.8, 4) is 6.07 Å². The Bertz CT molecular complexity index is 315. The molecule has 0 N–H and O–H groups in total. The van der Waals surface area contributed by atoms with E-state index in [2.05, 4.69) is 6.07 Å². The lowest BCUT2D eigenvalue weighted by Crippen LogP contribution is -2.49. The number of nitrogens with zero attached hydrogens (tertiary/aromatic N) is 2. The van der Waals surface area contributed by atoms with E-state index in [1.54, 1.807) is 0 Å². The second kappa shape index (κ2) is 4.42. The monoisotopic (exact) mass is 222 g/mol. The minimum absolute atomic E-state index is 0.0302. The zero-order valence-electron chi connectivity index (χ0n) is 9.74. The maximum Gasteiger partial charge on any atom is 0.243 e. The lowest BCUT2D eigenvalue weighted by atomic mass is 9.86. The van der Waals surface area contributed by atoms with Gasteiger partial charge in [-0.05, 0) is 19.8 Å². The van der Waals surface area contributed by atoms with Crippen molar-refractivity contribution in [3.05, 3.63) is 0 Å². The highest BCUT2D eigenvalue weighted by molar-refractivity contribution is 5.86. The lowest BCUT2D eigenvalue weighted by Gasteiger charge is -2.35. The van der Waals surface area contributed by atoms with Gasteiger partial charge < -0.3 is 9.64 Å². The molecule has 1 saturated heterocycles. The molecule has 2 fully saturated rings. The summed E-state index contributed by atoms with van der Waals surface area (Å²) in [4.78, 5) is 14.2. The van der Waals surface area contributed by atoms with Crippen molar-refractivity contribution in [1.29, 1.82) is 5.26 Å². The van der Waals surface area contributed by atoms with Crippen LogP contribution in [-0.2, 0) is 9.53 Å². The number of ether oxygens (including phenoxy) is 1. The number of amides is 1. The number of morpholine rings is 1. The Labute approximate surface area is 96.2 Å². The fraction of sp³-hybridized carbons (Fsp3) is 0.833. The normalized spacial score (nSPS) is 28.8. The summed E-state index contributed by atoms with van der Waals surface area (Å²) >= 11 is 0. The summed E-state index contributed by atoms with van der Waals surface area (Å²) in [5.74, 6) is 0.0302. The molecule has 4 heteroatoms. The molecule has 1 heterocycles. The second-order valence-corrected chi connectivity index (χ2v) is 4.83. The first-order chi connectivity index (χ1) is 7.68. The first-order valence-corrected chi connectivity index (χ1v) is 6.00. The van der Waals surface area contributed by atoms with Gasteiger partial charge in [-0.15, -0.1) is 0 Å². The molecule has 1 atom stereocenters. The van der Waals surface area contributed by atoms with Crippen LogP contribution in [0.1, 0.15) is 32.6 Å². The third-order valence-electron chi connectivity index (χ3n) is 3.61. The van der Waals surface area contributed by atoms with Crippen LogP contribution in [0.2, 0.25) is 0 Å². The van der Waals surface area contributed by atoms with Crippen LogP contribution in [0.15, 0.2) is 0 Å². The quantitative estimate of drug-likeness (QED) is 0.672. The van der Waals surface area contributed by atoms with Gasteiger partial charge in [0.1, 0.15) is 5.41 Å². The lowest BCUT2D eigenvalue weighted by molar-refractivity contribution is -0.145. The van der Waals surface area contributed by atoms with Crippen molar-refractivity contribution >= 4 is 5.91 Å². The van der Waals surface area contributed by atoms with Crippen molar-refractivity contribution < 1.29 is 9.53 Å². The molecule has 1 aliphatic heterocycles. The highest BCUT2D eigenvalue weighted by Gasteiger charge is 2.44. The van der Waals surface area contributed by atoms with E-state index in [1.807, 2.05) is 11.8 Å². The summed E-state index contributed by atoms with van der Waals surface area (Å²) in [5, 5.41) is 9.25. The van der Waals surface area contributed by atoms with Gasteiger partial charge in [-0.1, -0.05) is 12.8 Å². The number of hydrogen-bond acceptors (Lipinski definition) is 3. The Balaban J connectivity index is 2.08. The van der Waals surface area contributed by atoms with Crippen molar-refractivity contribution in [2.24, 2.45) is 5.41 Å². The fourth-order valence-electron chi connectivity index (χ4n) is 2.66. The SMILES string of the molecule is CC1CN(C(=O)C2(C#N)CCCC2)CCO1. The van der Waals surface area contributed by atoms with Gasteiger partial charge in [0.25, 0.3) is 0 Å². The number of carbonyl (C=O) groups is 1. The van der Waals surface area contributed by atoms with Crippen LogP contribution in [0.5, 0.6) is 0 Å². The molecule has 0 bridgehead atoms. The van der Waals surface area contributed by atoms with Gasteiger partial charge in [-0.3, -0.25) is 4.79 Å². The second-order valence-electron chi connectivity index (χ2n) is 4.83. The molecule has 16 heavy (non-hydrogen) atoms. The first-order valence-electron chi connectivity index (χ1n) is 6.00. The topological polar surface area (TPSA) is 53.3 Å². The van der Waals surface area contributed by atoms with Crippen LogP contribution in [0.25, 0.3) is 0 Å². The van der Waals surface area contributed by atoms with Crippen molar-refractivity contribution in [2.75, 3.05) is 19.7 Å². The molecule has 88 valence electrons. The average molecular weight is 222 g/mol. The summed E-state index contributed by atoms with van der Waals surface area (Å²) in [6.07, 6.45) is 3.55. The third kappa shape index (κ3) is 1.92. The van der Waals surface area contributed by atoms with E-state index in [4.69, 9.17) is 4.74 Å². The van der Waals surface area contributed by atoms with Crippen LogP contribution in [0.4, 0.5) is 0 Å².